The molecule has 0 unspecified atom stereocenters. The molecule has 23 heavy (non-hydrogen) atoms. The Balaban J connectivity index is 2.16. The van der Waals surface area contributed by atoms with Gasteiger partial charge in [-0.25, -0.2) is 0 Å². The van der Waals surface area contributed by atoms with Gasteiger partial charge in [0.15, 0.2) is 0 Å². The molecule has 3 aromatic rings. The minimum Gasteiger partial charge on any atom is -0.368 e. The normalized spacial score (nSPS) is 10.5. The molecule has 0 atom stereocenters. The molecule has 0 saturated heterocycles. The highest BCUT2D eigenvalue weighted by Gasteiger charge is 2.16. The molecule has 0 aliphatic heterocycles. The summed E-state index contributed by atoms with van der Waals surface area (Å²) >= 11 is 6.87. The molecule has 0 fully saturated rings. The van der Waals surface area contributed by atoms with Crippen LogP contribution >= 0.6 is 31.9 Å². The molecule has 0 radical (unpaired) electrons. The van der Waals surface area contributed by atoms with Gasteiger partial charge in [-0.2, -0.15) is 15.0 Å². The van der Waals surface area contributed by atoms with E-state index in [1.54, 1.807) is 0 Å². The Kier molecular flexibility index (Phi) is 4.44. The van der Waals surface area contributed by atoms with Crippen LogP contribution in [0.5, 0.6) is 0 Å². The third-order valence-corrected chi connectivity index (χ3v) is 4.09. The first-order chi connectivity index (χ1) is 11.0. The lowest BCUT2D eigenvalue weighted by atomic mass is 10.2. The zero-order chi connectivity index (χ0) is 16.4. The van der Waals surface area contributed by atoms with E-state index in [1.807, 2.05) is 53.4 Å². The van der Waals surface area contributed by atoms with Gasteiger partial charge in [-0.3, -0.25) is 4.90 Å². The molecule has 4 N–H and O–H groups in total. The monoisotopic (exact) mass is 434 g/mol. The number of nitrogens with zero attached hydrogens (tertiary/aromatic N) is 4. The van der Waals surface area contributed by atoms with E-state index >= 15 is 0 Å². The van der Waals surface area contributed by atoms with Gasteiger partial charge >= 0.3 is 0 Å². The molecule has 0 bridgehead atoms. The number of nitrogens with two attached hydrogens (primary N) is 2. The number of hydrogen-bond acceptors (Lipinski definition) is 6. The number of halogens is 2. The van der Waals surface area contributed by atoms with Crippen molar-refractivity contribution >= 4 is 61.1 Å². The smallest absolute Gasteiger partial charge is 0.241 e. The van der Waals surface area contributed by atoms with Crippen LogP contribution in [0, 0.1) is 0 Å². The third-order valence-electron chi connectivity index (χ3n) is 3.03. The zero-order valence-electron chi connectivity index (χ0n) is 11.8. The number of benzene rings is 2. The van der Waals surface area contributed by atoms with Crippen LogP contribution in [-0.4, -0.2) is 15.0 Å². The molecule has 0 aliphatic rings. The summed E-state index contributed by atoms with van der Waals surface area (Å²) in [7, 11) is 0. The summed E-state index contributed by atoms with van der Waals surface area (Å²) in [4.78, 5) is 14.1. The number of aromatic nitrogens is 3. The van der Waals surface area contributed by atoms with E-state index in [4.69, 9.17) is 11.5 Å². The number of rotatable bonds is 3. The summed E-state index contributed by atoms with van der Waals surface area (Å²) in [5.74, 6) is 0.512. The topological polar surface area (TPSA) is 93.9 Å². The number of anilines is 5. The van der Waals surface area contributed by atoms with Gasteiger partial charge in [0, 0.05) is 20.3 Å². The first kappa shape index (κ1) is 15.7. The minimum absolute atomic E-state index is 0.0757. The Bertz CT molecular complexity index is 755. The Labute approximate surface area is 149 Å². The van der Waals surface area contributed by atoms with Gasteiger partial charge in [0.05, 0.1) is 0 Å². The van der Waals surface area contributed by atoms with Crippen LogP contribution in [0.15, 0.2) is 57.5 Å². The molecule has 2 aromatic carbocycles. The third kappa shape index (κ3) is 3.59. The average Bonchev–Trinajstić information content (AvgIpc) is 2.50. The molecule has 3 rings (SSSR count). The molecule has 0 spiro atoms. The highest BCUT2D eigenvalue weighted by molar-refractivity contribution is 9.10. The lowest BCUT2D eigenvalue weighted by Gasteiger charge is -2.23. The van der Waals surface area contributed by atoms with Crippen LogP contribution in [0.4, 0.5) is 29.2 Å². The van der Waals surface area contributed by atoms with Gasteiger partial charge in [-0.05, 0) is 48.5 Å². The molecule has 8 heteroatoms. The Hall–Kier alpha value is -2.19. The second-order valence-corrected chi connectivity index (χ2v) is 6.47. The van der Waals surface area contributed by atoms with Crippen molar-refractivity contribution in [2.24, 2.45) is 0 Å². The van der Waals surface area contributed by atoms with Crippen LogP contribution in [0.3, 0.4) is 0 Å². The standard InChI is InChI=1S/C15H12Br2N6/c16-9-1-5-11(6-2-9)23(12-7-3-10(17)4-8-12)15-21-13(18)20-14(19)22-15/h1-8H,(H4,18,19,20,21,22). The van der Waals surface area contributed by atoms with E-state index in [2.05, 4.69) is 46.8 Å². The van der Waals surface area contributed by atoms with Crippen LogP contribution in [0.25, 0.3) is 0 Å². The molecular formula is C15H12Br2N6. The van der Waals surface area contributed by atoms with Crippen LogP contribution in [-0.2, 0) is 0 Å². The maximum absolute atomic E-state index is 5.72. The first-order valence-corrected chi connectivity index (χ1v) is 8.20. The van der Waals surface area contributed by atoms with Crippen LogP contribution < -0.4 is 16.4 Å². The molecule has 6 nitrogen and oxygen atoms in total. The van der Waals surface area contributed by atoms with Crippen molar-refractivity contribution in [1.82, 2.24) is 15.0 Å². The SMILES string of the molecule is Nc1nc(N)nc(N(c2ccc(Br)cc2)c2ccc(Br)cc2)n1. The van der Waals surface area contributed by atoms with E-state index in [-0.39, 0.29) is 11.9 Å². The van der Waals surface area contributed by atoms with E-state index in [0.29, 0.717) is 5.95 Å². The van der Waals surface area contributed by atoms with Gasteiger partial charge in [-0.15, -0.1) is 0 Å². The molecule has 116 valence electrons. The lowest BCUT2D eigenvalue weighted by Crippen LogP contribution is -2.16. The molecule has 0 aliphatic carbocycles. The van der Waals surface area contributed by atoms with Gasteiger partial charge in [-0.1, -0.05) is 31.9 Å². The summed E-state index contributed by atoms with van der Waals surface area (Å²) in [6.45, 7) is 0. The summed E-state index contributed by atoms with van der Waals surface area (Å²) in [6.07, 6.45) is 0. The van der Waals surface area contributed by atoms with E-state index in [9.17, 15) is 0 Å². The van der Waals surface area contributed by atoms with Gasteiger partial charge in [0.1, 0.15) is 0 Å². The predicted molar refractivity (Wildman–Crippen MR) is 98.7 cm³/mol. The van der Waals surface area contributed by atoms with Crippen molar-refractivity contribution in [1.29, 1.82) is 0 Å². The fourth-order valence-electron chi connectivity index (χ4n) is 2.06. The van der Waals surface area contributed by atoms with Gasteiger partial charge < -0.3 is 11.5 Å². The molecule has 0 saturated carbocycles. The summed E-state index contributed by atoms with van der Waals surface area (Å²) in [5.41, 5.74) is 13.2. The Morgan fingerprint density at radius 3 is 1.43 bits per heavy atom. The Morgan fingerprint density at radius 2 is 1.04 bits per heavy atom. The highest BCUT2D eigenvalue weighted by atomic mass is 79.9. The summed E-state index contributed by atoms with van der Waals surface area (Å²) in [6, 6.07) is 15.5. The van der Waals surface area contributed by atoms with Gasteiger partial charge in [0.25, 0.3) is 0 Å². The average molecular weight is 436 g/mol. The number of hydrogen-bond donors (Lipinski definition) is 2. The van der Waals surface area contributed by atoms with Crippen LogP contribution in [0.2, 0.25) is 0 Å². The number of nitrogen functional groups attached to an aromatic ring is 2. The maximum Gasteiger partial charge on any atom is 0.241 e. The fraction of sp³-hybridized carbons (Fsp3) is 0. The lowest BCUT2D eigenvalue weighted by molar-refractivity contribution is 1.03. The molecule has 1 heterocycles. The quantitative estimate of drug-likeness (QED) is 0.644. The second kappa shape index (κ2) is 6.51. The van der Waals surface area contributed by atoms with Crippen molar-refractivity contribution in [2.45, 2.75) is 0 Å². The predicted octanol–water partition coefficient (Wildman–Crippen LogP) is 4.03. The highest BCUT2D eigenvalue weighted by Crippen LogP contribution is 2.33. The van der Waals surface area contributed by atoms with Gasteiger partial charge in [0.2, 0.25) is 17.8 Å². The first-order valence-electron chi connectivity index (χ1n) is 6.61. The second-order valence-electron chi connectivity index (χ2n) is 4.64. The fourth-order valence-corrected chi connectivity index (χ4v) is 2.59. The van der Waals surface area contributed by atoms with E-state index in [0.717, 1.165) is 20.3 Å². The van der Waals surface area contributed by atoms with E-state index in [1.165, 1.54) is 0 Å². The van der Waals surface area contributed by atoms with Crippen molar-refractivity contribution in [3.8, 4) is 0 Å². The van der Waals surface area contributed by atoms with Crippen molar-refractivity contribution < 1.29 is 0 Å². The minimum atomic E-state index is 0.0757. The molecule has 1 aromatic heterocycles. The molecule has 0 amide bonds. The van der Waals surface area contributed by atoms with Crippen molar-refractivity contribution in [3.63, 3.8) is 0 Å². The van der Waals surface area contributed by atoms with Crippen molar-refractivity contribution in [3.05, 3.63) is 57.5 Å². The van der Waals surface area contributed by atoms with Crippen molar-refractivity contribution in [2.75, 3.05) is 16.4 Å². The largest absolute Gasteiger partial charge is 0.368 e. The molecular weight excluding hydrogens is 424 g/mol. The van der Waals surface area contributed by atoms with Crippen LogP contribution in [0.1, 0.15) is 0 Å². The Morgan fingerprint density at radius 1 is 0.652 bits per heavy atom. The maximum atomic E-state index is 5.72. The zero-order valence-corrected chi connectivity index (χ0v) is 15.0. The summed E-state index contributed by atoms with van der Waals surface area (Å²) in [5, 5.41) is 0. The van der Waals surface area contributed by atoms with E-state index < -0.39 is 0 Å². The summed E-state index contributed by atoms with van der Waals surface area (Å²) < 4.78 is 1.96.